The highest BCUT2D eigenvalue weighted by atomic mass is 16.7. The number of hydrogen-bond acceptors (Lipinski definition) is 15. The van der Waals surface area contributed by atoms with Gasteiger partial charge in [-0.25, -0.2) is 0 Å². The number of methoxy groups -OCH3 is 6. The van der Waals surface area contributed by atoms with Crippen molar-refractivity contribution in [2.75, 3.05) is 104 Å². The van der Waals surface area contributed by atoms with Gasteiger partial charge in [0.2, 0.25) is 20.4 Å². The Morgan fingerprint density at radius 1 is 0.333 bits per heavy atom. The Kier molecular flexibility index (Phi) is 14.0. The third-order valence-electron chi connectivity index (χ3n) is 14.5. The van der Waals surface area contributed by atoms with Crippen LogP contribution in [0, 0.1) is 0 Å². The molecule has 0 amide bonds. The van der Waals surface area contributed by atoms with Gasteiger partial charge in [0.25, 0.3) is 0 Å². The number of likely N-dealkylation sites (N-methyl/N-ethyl adjacent to an activating group) is 3. The van der Waals surface area contributed by atoms with E-state index in [4.69, 9.17) is 56.8 Å². The molecule has 6 aliphatic heterocycles. The third-order valence-corrected chi connectivity index (χ3v) is 14.5. The largest absolute Gasteiger partial charge is 0.493 e. The molecule has 0 aliphatic carbocycles. The van der Waals surface area contributed by atoms with Crippen molar-refractivity contribution in [1.29, 1.82) is 0 Å². The van der Waals surface area contributed by atoms with Gasteiger partial charge >= 0.3 is 0 Å². The Balaban J connectivity index is 0.000000124. The van der Waals surface area contributed by atoms with E-state index in [0.717, 1.165) is 108 Å². The number of hydrogen-bond donors (Lipinski definition) is 0. The van der Waals surface area contributed by atoms with Gasteiger partial charge in [-0.1, -0.05) is 18.2 Å². The molecule has 6 heterocycles. The minimum Gasteiger partial charge on any atom is -0.493 e. The van der Waals surface area contributed by atoms with Crippen LogP contribution < -0.4 is 56.8 Å². The summed E-state index contributed by atoms with van der Waals surface area (Å²) in [6.45, 7) is 3.84. The Bertz CT molecular complexity index is 2630. The van der Waals surface area contributed by atoms with Crippen molar-refractivity contribution in [3.63, 3.8) is 0 Å². The molecule has 15 heteroatoms. The van der Waals surface area contributed by atoms with E-state index < -0.39 is 0 Å². The van der Waals surface area contributed by atoms with Crippen molar-refractivity contribution < 1.29 is 56.8 Å². The predicted octanol–water partition coefficient (Wildman–Crippen LogP) is 9.03. The molecule has 12 rings (SSSR count). The topological polar surface area (TPSA) is 120 Å². The Morgan fingerprint density at radius 3 is 0.847 bits per heavy atom. The van der Waals surface area contributed by atoms with Crippen molar-refractivity contribution in [2.24, 2.45) is 0 Å². The molecule has 72 heavy (non-hydrogen) atoms. The smallest absolute Gasteiger partial charge is 0.231 e. The molecule has 378 valence electrons. The number of nitrogens with zero attached hydrogens (tertiary/aromatic N) is 3. The molecule has 0 N–H and O–H groups in total. The van der Waals surface area contributed by atoms with Crippen LogP contribution in [0.25, 0.3) is 0 Å². The SMILES string of the molecule is COc1cc2c(cc1OC)C(c1ccc3c(c1)OCO3)N(C)CC2.COc1cc2c(cc1OC)[C@@H](c1ccc3c(c1)OCO3)N(C)CC2.COc1cc2c(cc1OC)[C@H](c1ccc3c(c1)OCO3)N(C)CC2. The molecule has 6 aromatic rings. The summed E-state index contributed by atoms with van der Waals surface area (Å²) >= 11 is 0. The highest BCUT2D eigenvalue weighted by Gasteiger charge is 2.33. The lowest BCUT2D eigenvalue weighted by Crippen LogP contribution is -2.32. The Labute approximate surface area is 421 Å². The molecule has 3 atom stereocenters. The number of ether oxygens (including phenoxy) is 12. The number of fused-ring (bicyclic) bond motifs is 6. The van der Waals surface area contributed by atoms with Gasteiger partial charge in [0.1, 0.15) is 0 Å². The summed E-state index contributed by atoms with van der Waals surface area (Å²) in [5.74, 6) is 9.50. The van der Waals surface area contributed by atoms with E-state index in [9.17, 15) is 0 Å². The van der Waals surface area contributed by atoms with Gasteiger partial charge < -0.3 is 56.8 Å². The summed E-state index contributed by atoms with van der Waals surface area (Å²) in [5.41, 5.74) is 11.2. The fourth-order valence-electron chi connectivity index (χ4n) is 10.8. The Hall–Kier alpha value is -7.20. The van der Waals surface area contributed by atoms with Gasteiger partial charge in [-0.15, -0.1) is 0 Å². The molecule has 0 saturated carbocycles. The molecule has 15 nitrogen and oxygen atoms in total. The second-order valence-corrected chi connectivity index (χ2v) is 18.5. The third kappa shape index (κ3) is 9.28. The zero-order valence-electron chi connectivity index (χ0n) is 42.5. The first-order chi connectivity index (χ1) is 35.1. The molecule has 0 bridgehead atoms. The van der Waals surface area contributed by atoms with Crippen molar-refractivity contribution in [3.05, 3.63) is 141 Å². The van der Waals surface area contributed by atoms with Gasteiger partial charge in [-0.2, -0.15) is 0 Å². The molecule has 6 aliphatic rings. The highest BCUT2D eigenvalue weighted by Crippen LogP contribution is 2.46. The number of benzene rings is 6. The van der Waals surface area contributed by atoms with E-state index in [1.165, 1.54) is 50.1 Å². The van der Waals surface area contributed by atoms with Crippen LogP contribution in [0.2, 0.25) is 0 Å². The molecule has 0 radical (unpaired) electrons. The molecule has 0 aromatic heterocycles. The second-order valence-electron chi connectivity index (χ2n) is 18.5. The zero-order chi connectivity index (χ0) is 50.0. The monoisotopic (exact) mass is 981 g/mol. The quantitative estimate of drug-likeness (QED) is 0.137. The maximum atomic E-state index is 5.55. The van der Waals surface area contributed by atoms with Crippen molar-refractivity contribution in [2.45, 2.75) is 37.4 Å². The van der Waals surface area contributed by atoms with Crippen LogP contribution in [0.5, 0.6) is 69.0 Å². The molecule has 0 fully saturated rings. The first-order valence-corrected chi connectivity index (χ1v) is 24.2. The fraction of sp³-hybridized carbons (Fsp3) is 0.368. The lowest BCUT2D eigenvalue weighted by Gasteiger charge is -2.35. The summed E-state index contributed by atoms with van der Waals surface area (Å²) in [7, 11) is 16.5. The lowest BCUT2D eigenvalue weighted by atomic mass is 9.88. The minimum atomic E-state index is 0.156. The van der Waals surface area contributed by atoms with E-state index in [1.54, 1.807) is 42.7 Å². The van der Waals surface area contributed by atoms with Crippen LogP contribution >= 0.6 is 0 Å². The van der Waals surface area contributed by atoms with Crippen LogP contribution in [-0.2, 0) is 19.3 Å². The van der Waals surface area contributed by atoms with Crippen LogP contribution in [0.1, 0.15) is 68.2 Å². The van der Waals surface area contributed by atoms with Gasteiger partial charge in [0.15, 0.2) is 69.0 Å². The van der Waals surface area contributed by atoms with Gasteiger partial charge in [-0.05, 0) is 163 Å². The van der Waals surface area contributed by atoms with E-state index >= 15 is 0 Å². The molecular formula is C57H63N3O12. The van der Waals surface area contributed by atoms with Crippen LogP contribution in [0.4, 0.5) is 0 Å². The van der Waals surface area contributed by atoms with Gasteiger partial charge in [-0.3, -0.25) is 14.7 Å². The van der Waals surface area contributed by atoms with Gasteiger partial charge in [0.05, 0.1) is 60.8 Å². The maximum absolute atomic E-state index is 5.55. The second kappa shape index (κ2) is 20.9. The van der Waals surface area contributed by atoms with Gasteiger partial charge in [0, 0.05) is 19.6 Å². The maximum Gasteiger partial charge on any atom is 0.231 e. The van der Waals surface area contributed by atoms with E-state index in [1.807, 2.05) is 18.2 Å². The standard InChI is InChI=1S/3C19H21NO4/c3*1-20-7-6-12-8-16(21-2)17(22-3)10-14(12)19(20)13-4-5-15-18(9-13)24-11-23-15/h3*4-5,8-10,19H,6-7,11H2,1-3H3/t2*19-;/m10./s1. The summed E-state index contributed by atoms with van der Waals surface area (Å²) in [4.78, 5) is 7.06. The molecule has 6 aromatic carbocycles. The lowest BCUT2D eigenvalue weighted by molar-refractivity contribution is 0.173. The predicted molar refractivity (Wildman–Crippen MR) is 271 cm³/mol. The molecule has 0 spiro atoms. The fourth-order valence-corrected chi connectivity index (χ4v) is 10.8. The van der Waals surface area contributed by atoms with Crippen LogP contribution in [0.3, 0.4) is 0 Å². The zero-order valence-corrected chi connectivity index (χ0v) is 42.5. The normalized spacial score (nSPS) is 19.0. The average molecular weight is 982 g/mol. The first-order valence-electron chi connectivity index (χ1n) is 24.2. The minimum absolute atomic E-state index is 0.156. The van der Waals surface area contributed by atoms with Crippen molar-refractivity contribution >= 4 is 0 Å². The Morgan fingerprint density at radius 2 is 0.583 bits per heavy atom. The average Bonchev–Trinajstić information content (AvgIpc) is 4.21. The number of rotatable bonds is 9. The summed E-state index contributed by atoms with van der Waals surface area (Å²) in [5, 5.41) is 0. The van der Waals surface area contributed by atoms with E-state index in [2.05, 4.69) is 109 Å². The molecule has 1 unspecified atom stereocenters. The summed E-state index contributed by atoms with van der Waals surface area (Å²) < 4.78 is 65.8. The van der Waals surface area contributed by atoms with Crippen molar-refractivity contribution in [1.82, 2.24) is 14.7 Å². The van der Waals surface area contributed by atoms with Crippen LogP contribution in [-0.4, -0.2) is 119 Å². The summed E-state index contributed by atoms with van der Waals surface area (Å²) in [6.07, 6.45) is 2.98. The van der Waals surface area contributed by atoms with E-state index in [0.29, 0.717) is 20.4 Å². The van der Waals surface area contributed by atoms with Crippen molar-refractivity contribution in [3.8, 4) is 69.0 Å². The summed E-state index contributed by atoms with van der Waals surface area (Å²) in [6, 6.07) is 31.6. The highest BCUT2D eigenvalue weighted by molar-refractivity contribution is 5.57. The van der Waals surface area contributed by atoms with E-state index in [-0.39, 0.29) is 18.1 Å². The van der Waals surface area contributed by atoms with Crippen LogP contribution in [0.15, 0.2) is 91.0 Å². The first kappa shape index (κ1) is 48.4. The molecule has 0 saturated heterocycles. The molecular weight excluding hydrogens is 919 g/mol.